The minimum atomic E-state index is -0.566. The first-order valence-corrected chi connectivity index (χ1v) is 6.51. The molecule has 2 rings (SSSR count). The molecule has 1 atom stereocenters. The molecule has 2 aromatic rings. The molecule has 5 heteroatoms. The monoisotopic (exact) mass is 271 g/mol. The smallest absolute Gasteiger partial charge is 0.251 e. The van der Waals surface area contributed by atoms with E-state index in [-0.39, 0.29) is 11.7 Å². The summed E-state index contributed by atoms with van der Waals surface area (Å²) in [5.41, 5.74) is 0.540. The highest BCUT2D eigenvalue weighted by Crippen LogP contribution is 2.06. The van der Waals surface area contributed by atoms with Crippen molar-refractivity contribution in [2.24, 2.45) is 7.05 Å². The van der Waals surface area contributed by atoms with E-state index >= 15 is 0 Å². The van der Waals surface area contributed by atoms with Gasteiger partial charge in [-0.15, -0.1) is 0 Å². The highest BCUT2D eigenvalue weighted by atomic mass is 16.2. The number of carbonyl (C=O) groups is 2. The van der Waals surface area contributed by atoms with Crippen LogP contribution in [-0.2, 0) is 7.05 Å². The van der Waals surface area contributed by atoms with Gasteiger partial charge in [0.25, 0.3) is 5.91 Å². The highest BCUT2D eigenvalue weighted by molar-refractivity contribution is 6.02. The lowest BCUT2D eigenvalue weighted by atomic mass is 10.1. The molecule has 20 heavy (non-hydrogen) atoms. The second-order valence-corrected chi connectivity index (χ2v) is 4.53. The van der Waals surface area contributed by atoms with Crippen molar-refractivity contribution in [1.82, 2.24) is 14.9 Å². The third kappa shape index (κ3) is 2.93. The summed E-state index contributed by atoms with van der Waals surface area (Å²) in [4.78, 5) is 28.4. The lowest BCUT2D eigenvalue weighted by molar-refractivity contribution is 0.0847. The molecule has 104 valence electrons. The molecule has 0 aliphatic heterocycles. The zero-order valence-electron chi connectivity index (χ0n) is 11.5. The molecule has 0 radical (unpaired) electrons. The molecule has 1 amide bonds. The summed E-state index contributed by atoms with van der Waals surface area (Å²) in [5, 5.41) is 2.76. The average molecular weight is 271 g/mol. The number of nitrogens with zero attached hydrogens (tertiary/aromatic N) is 2. The molecule has 1 unspecified atom stereocenters. The van der Waals surface area contributed by atoms with Crippen LogP contribution in [-0.4, -0.2) is 27.3 Å². The molecule has 1 heterocycles. The SMILES string of the molecule is CCC(NC(=O)c1ccccc1)C(=O)c1nccn1C. The van der Waals surface area contributed by atoms with Crippen LogP contribution in [0.3, 0.4) is 0 Å². The van der Waals surface area contributed by atoms with Gasteiger partial charge >= 0.3 is 0 Å². The van der Waals surface area contributed by atoms with E-state index in [9.17, 15) is 9.59 Å². The molecule has 1 aromatic carbocycles. The normalized spacial score (nSPS) is 11.9. The third-order valence-corrected chi connectivity index (χ3v) is 3.11. The Morgan fingerprint density at radius 3 is 2.55 bits per heavy atom. The van der Waals surface area contributed by atoms with Crippen LogP contribution in [0.4, 0.5) is 0 Å². The number of aryl methyl sites for hydroxylation is 1. The Kier molecular flexibility index (Phi) is 4.30. The van der Waals surface area contributed by atoms with Gasteiger partial charge in [-0.1, -0.05) is 25.1 Å². The summed E-state index contributed by atoms with van der Waals surface area (Å²) >= 11 is 0. The second-order valence-electron chi connectivity index (χ2n) is 4.53. The van der Waals surface area contributed by atoms with Gasteiger partial charge in [-0.05, 0) is 18.6 Å². The number of imidazole rings is 1. The number of amides is 1. The van der Waals surface area contributed by atoms with Crippen molar-refractivity contribution in [2.75, 3.05) is 0 Å². The Labute approximate surface area is 117 Å². The van der Waals surface area contributed by atoms with Crippen molar-refractivity contribution < 1.29 is 9.59 Å². The Bertz CT molecular complexity index is 605. The van der Waals surface area contributed by atoms with Crippen molar-refractivity contribution in [1.29, 1.82) is 0 Å². The fourth-order valence-corrected chi connectivity index (χ4v) is 1.94. The minimum Gasteiger partial charge on any atom is -0.342 e. The van der Waals surface area contributed by atoms with Crippen LogP contribution in [0.25, 0.3) is 0 Å². The Morgan fingerprint density at radius 1 is 1.30 bits per heavy atom. The van der Waals surface area contributed by atoms with Crippen LogP contribution >= 0.6 is 0 Å². The van der Waals surface area contributed by atoms with Crippen LogP contribution in [0.15, 0.2) is 42.7 Å². The topological polar surface area (TPSA) is 64.0 Å². The Balaban J connectivity index is 2.12. The van der Waals surface area contributed by atoms with E-state index in [2.05, 4.69) is 10.3 Å². The molecular weight excluding hydrogens is 254 g/mol. The van der Waals surface area contributed by atoms with Crippen LogP contribution in [0.1, 0.15) is 34.3 Å². The molecule has 1 aromatic heterocycles. The van der Waals surface area contributed by atoms with Crippen LogP contribution in [0.5, 0.6) is 0 Å². The summed E-state index contributed by atoms with van der Waals surface area (Å²) in [6.45, 7) is 1.86. The quantitative estimate of drug-likeness (QED) is 0.843. The summed E-state index contributed by atoms with van der Waals surface area (Å²) < 4.78 is 1.65. The van der Waals surface area contributed by atoms with Crippen LogP contribution in [0, 0.1) is 0 Å². The third-order valence-electron chi connectivity index (χ3n) is 3.11. The van der Waals surface area contributed by atoms with Gasteiger partial charge < -0.3 is 9.88 Å². The first-order chi connectivity index (χ1) is 9.63. The standard InChI is InChI=1S/C15H17N3O2/c1-3-12(13(19)14-16-9-10-18(14)2)17-15(20)11-7-5-4-6-8-11/h4-10,12H,3H2,1-2H3,(H,17,20). The number of benzene rings is 1. The van der Waals surface area contributed by atoms with E-state index in [0.29, 0.717) is 17.8 Å². The first kappa shape index (κ1) is 14.0. The molecule has 1 N–H and O–H groups in total. The number of rotatable bonds is 5. The van der Waals surface area contributed by atoms with Gasteiger partial charge in [0.2, 0.25) is 5.78 Å². The fraction of sp³-hybridized carbons (Fsp3) is 0.267. The van der Waals surface area contributed by atoms with E-state index < -0.39 is 6.04 Å². The van der Waals surface area contributed by atoms with Gasteiger partial charge in [0, 0.05) is 25.0 Å². The van der Waals surface area contributed by atoms with Crippen LogP contribution in [0.2, 0.25) is 0 Å². The van der Waals surface area contributed by atoms with E-state index in [4.69, 9.17) is 0 Å². The van der Waals surface area contributed by atoms with Crippen molar-refractivity contribution in [3.05, 3.63) is 54.1 Å². The van der Waals surface area contributed by atoms with Crippen molar-refractivity contribution in [3.8, 4) is 0 Å². The average Bonchev–Trinajstić information content (AvgIpc) is 2.91. The zero-order valence-corrected chi connectivity index (χ0v) is 11.5. The van der Waals surface area contributed by atoms with E-state index in [1.807, 2.05) is 13.0 Å². The summed E-state index contributed by atoms with van der Waals surface area (Å²) in [6.07, 6.45) is 3.79. The predicted octanol–water partition coefficient (Wildman–Crippen LogP) is 1.81. The highest BCUT2D eigenvalue weighted by Gasteiger charge is 2.23. The molecular formula is C15H17N3O2. The van der Waals surface area contributed by atoms with Gasteiger partial charge in [-0.2, -0.15) is 0 Å². The van der Waals surface area contributed by atoms with Crippen molar-refractivity contribution >= 4 is 11.7 Å². The summed E-state index contributed by atoms with van der Waals surface area (Å²) in [5.74, 6) is -0.0745. The molecule has 0 saturated carbocycles. The van der Waals surface area contributed by atoms with E-state index in [0.717, 1.165) is 0 Å². The Morgan fingerprint density at radius 2 is 2.00 bits per heavy atom. The number of ketones is 1. The molecule has 0 spiro atoms. The lowest BCUT2D eigenvalue weighted by Gasteiger charge is -2.15. The van der Waals surface area contributed by atoms with Gasteiger partial charge in [0.15, 0.2) is 5.82 Å². The van der Waals surface area contributed by atoms with Gasteiger partial charge in [-0.3, -0.25) is 9.59 Å². The molecule has 0 saturated heterocycles. The van der Waals surface area contributed by atoms with Crippen molar-refractivity contribution in [3.63, 3.8) is 0 Å². The lowest BCUT2D eigenvalue weighted by Crippen LogP contribution is -2.41. The summed E-state index contributed by atoms with van der Waals surface area (Å²) in [7, 11) is 1.76. The molecule has 0 aliphatic carbocycles. The maximum absolute atomic E-state index is 12.3. The predicted molar refractivity (Wildman–Crippen MR) is 75.5 cm³/mol. The molecule has 5 nitrogen and oxygen atoms in total. The number of carbonyl (C=O) groups excluding carboxylic acids is 2. The van der Waals surface area contributed by atoms with E-state index in [1.165, 1.54) is 0 Å². The van der Waals surface area contributed by atoms with E-state index in [1.54, 1.807) is 48.3 Å². The zero-order chi connectivity index (χ0) is 14.5. The number of aromatic nitrogens is 2. The van der Waals surface area contributed by atoms with Crippen LogP contribution < -0.4 is 5.32 Å². The number of Topliss-reactive ketones (excluding diaryl/α,β-unsaturated/α-hetero) is 1. The van der Waals surface area contributed by atoms with Gasteiger partial charge in [-0.25, -0.2) is 4.98 Å². The first-order valence-electron chi connectivity index (χ1n) is 6.51. The number of hydrogen-bond donors (Lipinski definition) is 1. The largest absolute Gasteiger partial charge is 0.342 e. The van der Waals surface area contributed by atoms with Crippen molar-refractivity contribution in [2.45, 2.75) is 19.4 Å². The summed E-state index contributed by atoms with van der Waals surface area (Å²) in [6, 6.07) is 8.28. The Hall–Kier alpha value is -2.43. The molecule has 0 bridgehead atoms. The second kappa shape index (κ2) is 6.14. The molecule has 0 fully saturated rings. The molecule has 0 aliphatic rings. The maximum Gasteiger partial charge on any atom is 0.251 e. The number of hydrogen-bond acceptors (Lipinski definition) is 3. The number of nitrogens with one attached hydrogen (secondary N) is 1. The van der Waals surface area contributed by atoms with Gasteiger partial charge in [0.05, 0.1) is 6.04 Å². The van der Waals surface area contributed by atoms with Gasteiger partial charge in [0.1, 0.15) is 0 Å². The fourth-order valence-electron chi connectivity index (χ4n) is 1.94. The maximum atomic E-state index is 12.3. The minimum absolute atomic E-state index is 0.177.